The quantitative estimate of drug-likeness (QED) is 0.699. The molecule has 0 spiro atoms. The first-order valence-electron chi connectivity index (χ1n) is 4.77. The summed E-state index contributed by atoms with van der Waals surface area (Å²) in [7, 11) is 0. The standard InChI is InChI=1S/C12H7Br2FOS/c13-8-3-7(4-9(15)5-8)11(16)6-12-10(14)1-2-17-12/h1-5H,6H2. The van der Waals surface area contributed by atoms with Crippen molar-refractivity contribution in [2.24, 2.45) is 0 Å². The van der Waals surface area contributed by atoms with Crippen LogP contribution in [-0.4, -0.2) is 5.78 Å². The Morgan fingerprint density at radius 1 is 1.29 bits per heavy atom. The van der Waals surface area contributed by atoms with Crippen molar-refractivity contribution in [1.29, 1.82) is 0 Å². The van der Waals surface area contributed by atoms with Crippen molar-refractivity contribution in [3.05, 3.63) is 54.8 Å². The molecule has 2 rings (SSSR count). The number of halogens is 3. The fourth-order valence-corrected chi connectivity index (χ4v) is 3.37. The molecule has 0 N–H and O–H groups in total. The van der Waals surface area contributed by atoms with E-state index in [0.29, 0.717) is 10.0 Å². The van der Waals surface area contributed by atoms with Crippen LogP contribution >= 0.6 is 43.2 Å². The van der Waals surface area contributed by atoms with Crippen LogP contribution in [-0.2, 0) is 6.42 Å². The number of hydrogen-bond acceptors (Lipinski definition) is 2. The highest BCUT2D eigenvalue weighted by Crippen LogP contribution is 2.25. The van der Waals surface area contributed by atoms with Gasteiger partial charge in [0, 0.05) is 25.8 Å². The molecule has 1 aromatic carbocycles. The van der Waals surface area contributed by atoms with Crippen molar-refractivity contribution in [1.82, 2.24) is 0 Å². The van der Waals surface area contributed by atoms with Crippen molar-refractivity contribution in [3.8, 4) is 0 Å². The van der Waals surface area contributed by atoms with Gasteiger partial charge in [0.15, 0.2) is 5.78 Å². The number of hydrogen-bond donors (Lipinski definition) is 0. The molecule has 1 heterocycles. The summed E-state index contributed by atoms with van der Waals surface area (Å²) in [5.41, 5.74) is 0.386. The van der Waals surface area contributed by atoms with E-state index in [9.17, 15) is 9.18 Å². The smallest absolute Gasteiger partial charge is 0.168 e. The predicted octanol–water partition coefficient (Wildman–Crippen LogP) is 4.84. The average molecular weight is 378 g/mol. The van der Waals surface area contributed by atoms with Crippen LogP contribution in [0.4, 0.5) is 4.39 Å². The molecule has 88 valence electrons. The van der Waals surface area contributed by atoms with Gasteiger partial charge < -0.3 is 0 Å². The Balaban J connectivity index is 2.23. The Morgan fingerprint density at radius 3 is 2.65 bits per heavy atom. The van der Waals surface area contributed by atoms with Gasteiger partial charge in [0.05, 0.1) is 0 Å². The van der Waals surface area contributed by atoms with Gasteiger partial charge in [-0.25, -0.2) is 4.39 Å². The van der Waals surface area contributed by atoms with E-state index in [2.05, 4.69) is 31.9 Å². The second kappa shape index (κ2) is 5.42. The summed E-state index contributed by atoms with van der Waals surface area (Å²) < 4.78 is 14.7. The minimum atomic E-state index is -0.409. The fraction of sp³-hybridized carbons (Fsp3) is 0.0833. The molecule has 0 atom stereocenters. The van der Waals surface area contributed by atoms with Gasteiger partial charge in [0.25, 0.3) is 0 Å². The van der Waals surface area contributed by atoms with Crippen molar-refractivity contribution in [3.63, 3.8) is 0 Å². The first-order chi connectivity index (χ1) is 8.06. The number of carbonyl (C=O) groups excluding carboxylic acids is 1. The van der Waals surface area contributed by atoms with Crippen molar-refractivity contribution < 1.29 is 9.18 Å². The van der Waals surface area contributed by atoms with Gasteiger partial charge in [-0.1, -0.05) is 15.9 Å². The molecule has 1 nitrogen and oxygen atoms in total. The maximum absolute atomic E-state index is 13.2. The number of ketones is 1. The zero-order chi connectivity index (χ0) is 12.4. The molecule has 0 amide bonds. The number of Topliss-reactive ketones (excluding diaryl/α,β-unsaturated/α-hetero) is 1. The lowest BCUT2D eigenvalue weighted by atomic mass is 10.1. The zero-order valence-corrected chi connectivity index (χ0v) is 12.5. The zero-order valence-electron chi connectivity index (χ0n) is 8.54. The normalized spacial score (nSPS) is 10.5. The van der Waals surface area contributed by atoms with E-state index in [-0.39, 0.29) is 12.2 Å². The molecule has 0 aliphatic heterocycles. The molecule has 0 bridgehead atoms. The number of thiophene rings is 1. The third-order valence-corrected chi connectivity index (χ3v) is 4.58. The average Bonchev–Trinajstić information content (AvgIpc) is 2.63. The first-order valence-corrected chi connectivity index (χ1v) is 7.24. The molecule has 0 saturated heterocycles. The summed E-state index contributed by atoms with van der Waals surface area (Å²) in [4.78, 5) is 12.9. The fourth-order valence-electron chi connectivity index (χ4n) is 1.41. The monoisotopic (exact) mass is 376 g/mol. The maximum Gasteiger partial charge on any atom is 0.168 e. The SMILES string of the molecule is O=C(Cc1sccc1Br)c1cc(F)cc(Br)c1. The second-order valence-corrected chi connectivity index (χ2v) is 6.22. The molecule has 0 aliphatic rings. The van der Waals surface area contributed by atoms with Crippen LogP contribution in [0.15, 0.2) is 38.6 Å². The number of carbonyl (C=O) groups is 1. The molecule has 0 aliphatic carbocycles. The van der Waals surface area contributed by atoms with E-state index in [1.165, 1.54) is 23.5 Å². The van der Waals surface area contributed by atoms with E-state index in [1.807, 2.05) is 11.4 Å². The summed E-state index contributed by atoms with van der Waals surface area (Å²) >= 11 is 8.05. The van der Waals surface area contributed by atoms with Gasteiger partial charge in [-0.3, -0.25) is 4.79 Å². The summed E-state index contributed by atoms with van der Waals surface area (Å²) in [5, 5.41) is 1.91. The summed E-state index contributed by atoms with van der Waals surface area (Å²) in [6.07, 6.45) is 0.286. The van der Waals surface area contributed by atoms with Crippen LogP contribution in [0.1, 0.15) is 15.2 Å². The minimum absolute atomic E-state index is 0.0895. The molecule has 0 fully saturated rings. The summed E-state index contributed by atoms with van der Waals surface area (Å²) in [6.45, 7) is 0. The van der Waals surface area contributed by atoms with E-state index < -0.39 is 5.82 Å². The van der Waals surface area contributed by atoms with Crippen molar-refractivity contribution >= 4 is 49.0 Å². The van der Waals surface area contributed by atoms with Crippen LogP contribution < -0.4 is 0 Å². The van der Waals surface area contributed by atoms with Crippen LogP contribution in [0.2, 0.25) is 0 Å². The minimum Gasteiger partial charge on any atom is -0.294 e. The lowest BCUT2D eigenvalue weighted by Crippen LogP contribution is -2.03. The van der Waals surface area contributed by atoms with E-state index >= 15 is 0 Å². The third-order valence-electron chi connectivity index (χ3n) is 2.20. The molecule has 0 saturated carbocycles. The maximum atomic E-state index is 13.2. The molecule has 1 aromatic heterocycles. The number of rotatable bonds is 3. The predicted molar refractivity (Wildman–Crippen MR) is 74.2 cm³/mol. The highest BCUT2D eigenvalue weighted by atomic mass is 79.9. The largest absolute Gasteiger partial charge is 0.294 e. The van der Waals surface area contributed by atoms with E-state index in [0.717, 1.165) is 9.35 Å². The number of benzene rings is 1. The third kappa shape index (κ3) is 3.24. The van der Waals surface area contributed by atoms with Crippen LogP contribution in [0.3, 0.4) is 0 Å². The van der Waals surface area contributed by atoms with Gasteiger partial charge in [-0.15, -0.1) is 11.3 Å². The molecule has 0 unspecified atom stereocenters. The molecular formula is C12H7Br2FOS. The van der Waals surface area contributed by atoms with Crippen LogP contribution in [0.5, 0.6) is 0 Å². The Labute approximate surface area is 119 Å². The topological polar surface area (TPSA) is 17.1 Å². The molecule has 2 aromatic rings. The Morgan fingerprint density at radius 2 is 2.06 bits per heavy atom. The van der Waals surface area contributed by atoms with Gasteiger partial charge in [0.1, 0.15) is 5.82 Å². The van der Waals surface area contributed by atoms with Crippen LogP contribution in [0, 0.1) is 5.82 Å². The molecule has 5 heteroatoms. The van der Waals surface area contributed by atoms with E-state index in [1.54, 1.807) is 6.07 Å². The molecule has 17 heavy (non-hydrogen) atoms. The molecule has 0 radical (unpaired) electrons. The van der Waals surface area contributed by atoms with Gasteiger partial charge in [-0.05, 0) is 45.6 Å². The summed E-state index contributed by atoms with van der Waals surface area (Å²) in [6, 6.07) is 6.12. The Hall–Kier alpha value is -0.520. The van der Waals surface area contributed by atoms with Gasteiger partial charge in [0.2, 0.25) is 0 Å². The van der Waals surface area contributed by atoms with Crippen LogP contribution in [0.25, 0.3) is 0 Å². The highest BCUT2D eigenvalue weighted by Gasteiger charge is 2.12. The van der Waals surface area contributed by atoms with Gasteiger partial charge in [-0.2, -0.15) is 0 Å². The summed E-state index contributed by atoms with van der Waals surface area (Å²) in [5.74, 6) is -0.499. The Kier molecular flexibility index (Phi) is 4.12. The van der Waals surface area contributed by atoms with Crippen molar-refractivity contribution in [2.75, 3.05) is 0 Å². The van der Waals surface area contributed by atoms with Gasteiger partial charge >= 0.3 is 0 Å². The molecular weight excluding hydrogens is 371 g/mol. The lowest BCUT2D eigenvalue weighted by molar-refractivity contribution is 0.0993. The lowest BCUT2D eigenvalue weighted by Gasteiger charge is -2.01. The van der Waals surface area contributed by atoms with E-state index in [4.69, 9.17) is 0 Å². The Bertz CT molecular complexity index is 545. The highest BCUT2D eigenvalue weighted by molar-refractivity contribution is 9.10. The van der Waals surface area contributed by atoms with Crippen molar-refractivity contribution in [2.45, 2.75) is 6.42 Å². The second-order valence-electron chi connectivity index (χ2n) is 3.45. The first kappa shape index (κ1) is 12.9.